The standard InChI is InChI=1S/C31H51NO2/c1-22(2)23(3)10-11-25(5)28-14-15-29-26(9-7-17-30(28,29)6)12-13-27-21-31(33,18-16-24(27)4)34-20-8-19-32/h10-13,22-23,25,28-29,33H,4,7-9,14-21,32H2,1-3,5-6H3/b11-10+,26-12?,27-13?/t23-,25+,28+,29?,30+,31-/m0/s1. The molecule has 0 bridgehead atoms. The predicted octanol–water partition coefficient (Wildman–Crippen LogP) is 7.33. The molecule has 192 valence electrons. The summed E-state index contributed by atoms with van der Waals surface area (Å²) in [5.41, 5.74) is 9.89. The van der Waals surface area contributed by atoms with E-state index in [0.717, 1.165) is 29.9 Å². The minimum Gasteiger partial charge on any atom is -0.365 e. The largest absolute Gasteiger partial charge is 0.365 e. The minimum atomic E-state index is -1.07. The molecule has 0 spiro atoms. The molecule has 3 aliphatic carbocycles. The zero-order valence-electron chi connectivity index (χ0n) is 22.6. The number of allylic oxidation sites excluding steroid dienone is 6. The van der Waals surface area contributed by atoms with E-state index in [9.17, 15) is 5.11 Å². The van der Waals surface area contributed by atoms with E-state index in [0.29, 0.717) is 55.1 Å². The fraction of sp³-hybridized carbons (Fsp3) is 0.742. The third-order valence-corrected chi connectivity index (χ3v) is 9.40. The lowest BCUT2D eigenvalue weighted by Crippen LogP contribution is -2.36. The van der Waals surface area contributed by atoms with Gasteiger partial charge in [-0.25, -0.2) is 0 Å². The van der Waals surface area contributed by atoms with Gasteiger partial charge in [-0.3, -0.25) is 0 Å². The molecule has 3 fully saturated rings. The summed E-state index contributed by atoms with van der Waals surface area (Å²) in [5.74, 6) is 2.34. The summed E-state index contributed by atoms with van der Waals surface area (Å²) >= 11 is 0. The van der Waals surface area contributed by atoms with Crippen LogP contribution in [0.4, 0.5) is 0 Å². The Kier molecular flexibility index (Phi) is 9.45. The maximum atomic E-state index is 11.0. The summed E-state index contributed by atoms with van der Waals surface area (Å²) in [6, 6.07) is 0. The fourth-order valence-electron chi connectivity index (χ4n) is 6.72. The van der Waals surface area contributed by atoms with Gasteiger partial charge < -0.3 is 15.6 Å². The molecule has 3 heteroatoms. The Bertz CT molecular complexity index is 793. The Morgan fingerprint density at radius 1 is 1.12 bits per heavy atom. The first-order valence-electron chi connectivity index (χ1n) is 13.9. The van der Waals surface area contributed by atoms with Crippen molar-refractivity contribution in [1.29, 1.82) is 0 Å². The van der Waals surface area contributed by atoms with Gasteiger partial charge in [-0.15, -0.1) is 0 Å². The highest BCUT2D eigenvalue weighted by Crippen LogP contribution is 2.59. The Hall–Kier alpha value is -1.16. The molecule has 0 heterocycles. The van der Waals surface area contributed by atoms with Crippen molar-refractivity contribution in [2.75, 3.05) is 13.2 Å². The SMILES string of the molecule is C=C1CC[C@](O)(OCCCN)CC1=CC=C1CCC[C@@]2(C)C1CC[C@@H]2[C@H](C)/C=C/[C@H](C)C(C)C. The molecule has 6 atom stereocenters. The van der Waals surface area contributed by atoms with Gasteiger partial charge in [0, 0.05) is 12.8 Å². The van der Waals surface area contributed by atoms with E-state index in [4.69, 9.17) is 10.5 Å². The van der Waals surface area contributed by atoms with Crippen LogP contribution in [-0.4, -0.2) is 24.0 Å². The van der Waals surface area contributed by atoms with Gasteiger partial charge in [0.1, 0.15) is 0 Å². The van der Waals surface area contributed by atoms with E-state index in [1.165, 1.54) is 32.1 Å². The summed E-state index contributed by atoms with van der Waals surface area (Å²) in [4.78, 5) is 0. The summed E-state index contributed by atoms with van der Waals surface area (Å²) < 4.78 is 5.83. The van der Waals surface area contributed by atoms with Crippen molar-refractivity contribution in [2.24, 2.45) is 40.7 Å². The summed E-state index contributed by atoms with van der Waals surface area (Å²) in [5, 5.41) is 11.0. The van der Waals surface area contributed by atoms with Crippen molar-refractivity contribution >= 4 is 0 Å². The van der Waals surface area contributed by atoms with Crippen LogP contribution in [0.3, 0.4) is 0 Å². The summed E-state index contributed by atoms with van der Waals surface area (Å²) in [7, 11) is 0. The number of aliphatic hydroxyl groups is 1. The average molecular weight is 470 g/mol. The molecule has 0 aliphatic heterocycles. The minimum absolute atomic E-state index is 0.392. The first kappa shape index (κ1) is 27.4. The maximum absolute atomic E-state index is 11.0. The van der Waals surface area contributed by atoms with Gasteiger partial charge in [0.15, 0.2) is 5.79 Å². The third-order valence-electron chi connectivity index (χ3n) is 9.40. The molecule has 0 radical (unpaired) electrons. The number of hydrogen-bond acceptors (Lipinski definition) is 3. The van der Waals surface area contributed by atoms with Crippen LogP contribution in [0.2, 0.25) is 0 Å². The highest BCUT2D eigenvalue weighted by Gasteiger charge is 2.50. The van der Waals surface area contributed by atoms with Crippen molar-refractivity contribution in [2.45, 2.75) is 98.2 Å². The lowest BCUT2D eigenvalue weighted by molar-refractivity contribution is -0.209. The fourth-order valence-corrected chi connectivity index (χ4v) is 6.72. The Morgan fingerprint density at radius 3 is 2.59 bits per heavy atom. The molecule has 34 heavy (non-hydrogen) atoms. The lowest BCUT2D eigenvalue weighted by atomic mass is 9.61. The van der Waals surface area contributed by atoms with Gasteiger partial charge in [0.25, 0.3) is 0 Å². The normalized spacial score (nSPS) is 36.5. The van der Waals surface area contributed by atoms with Crippen LogP contribution in [0.5, 0.6) is 0 Å². The van der Waals surface area contributed by atoms with Crippen LogP contribution in [0.25, 0.3) is 0 Å². The van der Waals surface area contributed by atoms with Crippen LogP contribution in [0, 0.1) is 35.0 Å². The summed E-state index contributed by atoms with van der Waals surface area (Å²) in [6.07, 6.45) is 18.8. The molecule has 3 saturated carbocycles. The van der Waals surface area contributed by atoms with E-state index >= 15 is 0 Å². The zero-order valence-corrected chi connectivity index (χ0v) is 22.6. The first-order valence-corrected chi connectivity index (χ1v) is 13.9. The highest BCUT2D eigenvalue weighted by atomic mass is 16.6. The lowest BCUT2D eigenvalue weighted by Gasteiger charge is -2.44. The molecule has 0 aromatic rings. The number of hydrogen-bond donors (Lipinski definition) is 2. The predicted molar refractivity (Wildman–Crippen MR) is 144 cm³/mol. The van der Waals surface area contributed by atoms with Crippen molar-refractivity contribution in [3.8, 4) is 0 Å². The van der Waals surface area contributed by atoms with Crippen LogP contribution in [0.1, 0.15) is 92.4 Å². The molecular weight excluding hydrogens is 418 g/mol. The van der Waals surface area contributed by atoms with Gasteiger partial charge in [0.2, 0.25) is 0 Å². The zero-order chi connectivity index (χ0) is 24.9. The van der Waals surface area contributed by atoms with Gasteiger partial charge in [-0.05, 0) is 92.1 Å². The van der Waals surface area contributed by atoms with Crippen molar-refractivity contribution in [1.82, 2.24) is 0 Å². The molecule has 3 N–H and O–H groups in total. The number of nitrogens with two attached hydrogens (primary N) is 1. The Labute approximate surface area is 209 Å². The van der Waals surface area contributed by atoms with E-state index in [2.05, 4.69) is 65.5 Å². The molecule has 0 aromatic carbocycles. The molecule has 1 unspecified atom stereocenters. The molecule has 0 saturated heterocycles. The van der Waals surface area contributed by atoms with Crippen LogP contribution in [-0.2, 0) is 4.74 Å². The smallest absolute Gasteiger partial charge is 0.169 e. The van der Waals surface area contributed by atoms with E-state index in [-0.39, 0.29) is 0 Å². The van der Waals surface area contributed by atoms with E-state index in [1.807, 2.05) is 0 Å². The number of fused-ring (bicyclic) bond motifs is 1. The van der Waals surface area contributed by atoms with Gasteiger partial charge >= 0.3 is 0 Å². The number of rotatable bonds is 9. The quantitative estimate of drug-likeness (QED) is 0.211. The van der Waals surface area contributed by atoms with Gasteiger partial charge in [0.05, 0.1) is 6.61 Å². The maximum Gasteiger partial charge on any atom is 0.169 e. The second kappa shape index (κ2) is 11.7. The molecule has 3 rings (SSSR count). The molecule has 0 amide bonds. The average Bonchev–Trinajstić information content (AvgIpc) is 3.15. The van der Waals surface area contributed by atoms with E-state index in [1.54, 1.807) is 5.57 Å². The molecule has 0 aromatic heterocycles. The van der Waals surface area contributed by atoms with Crippen molar-refractivity contribution in [3.63, 3.8) is 0 Å². The highest BCUT2D eigenvalue weighted by molar-refractivity contribution is 5.37. The van der Waals surface area contributed by atoms with Gasteiger partial charge in [-0.1, -0.05) is 76.6 Å². The van der Waals surface area contributed by atoms with Crippen molar-refractivity contribution < 1.29 is 9.84 Å². The van der Waals surface area contributed by atoms with Crippen molar-refractivity contribution in [3.05, 3.63) is 47.6 Å². The van der Waals surface area contributed by atoms with E-state index < -0.39 is 5.79 Å². The summed E-state index contributed by atoms with van der Waals surface area (Å²) in [6.45, 7) is 17.4. The Balaban J connectivity index is 1.73. The first-order chi connectivity index (χ1) is 16.1. The van der Waals surface area contributed by atoms with Gasteiger partial charge in [-0.2, -0.15) is 0 Å². The third kappa shape index (κ3) is 6.33. The second-order valence-electron chi connectivity index (χ2n) is 12.1. The second-order valence-corrected chi connectivity index (χ2v) is 12.1. The van der Waals surface area contributed by atoms with Crippen LogP contribution in [0.15, 0.2) is 47.6 Å². The Morgan fingerprint density at radius 2 is 1.88 bits per heavy atom. The monoisotopic (exact) mass is 469 g/mol. The molecule has 3 aliphatic rings. The molecule has 3 nitrogen and oxygen atoms in total. The topological polar surface area (TPSA) is 55.5 Å². The van der Waals surface area contributed by atoms with Crippen LogP contribution < -0.4 is 5.73 Å². The van der Waals surface area contributed by atoms with Crippen LogP contribution >= 0.6 is 0 Å². The number of ether oxygens (including phenoxy) is 1. The molecular formula is C31H51NO2.